The summed E-state index contributed by atoms with van der Waals surface area (Å²) in [5.41, 5.74) is 0.302. The molecule has 23 heavy (non-hydrogen) atoms. The molecule has 0 bridgehead atoms. The molecule has 0 radical (unpaired) electrons. The lowest BCUT2D eigenvalue weighted by molar-refractivity contribution is 0.0906. The van der Waals surface area contributed by atoms with Gasteiger partial charge < -0.3 is 10.1 Å². The third kappa shape index (κ3) is 5.00. The van der Waals surface area contributed by atoms with Gasteiger partial charge in [0.05, 0.1) is 11.5 Å². The zero-order valence-corrected chi connectivity index (χ0v) is 15.6. The highest BCUT2D eigenvalue weighted by Gasteiger charge is 2.22. The number of benzene rings is 1. The van der Waals surface area contributed by atoms with Crippen molar-refractivity contribution in [1.29, 1.82) is 0 Å². The Balaban J connectivity index is 1.97. The Morgan fingerprint density at radius 1 is 1.39 bits per heavy atom. The standard InChI is InChI=1S/C15H21BrN2O4S/c1-18(2)23(20,21)14-9-12(5-6-13(14)16)15(19)17-7-8-22-10-11-3-4-11/h5-6,9,11H,3-4,7-8,10H2,1-2H3,(H,17,19). The summed E-state index contributed by atoms with van der Waals surface area (Å²) in [6.07, 6.45) is 2.46. The third-order valence-electron chi connectivity index (χ3n) is 3.53. The molecule has 0 saturated heterocycles. The van der Waals surface area contributed by atoms with Crippen LogP contribution < -0.4 is 5.32 Å². The van der Waals surface area contributed by atoms with Gasteiger partial charge in [0, 0.05) is 37.3 Å². The largest absolute Gasteiger partial charge is 0.379 e. The van der Waals surface area contributed by atoms with Crippen LogP contribution in [0.25, 0.3) is 0 Å². The van der Waals surface area contributed by atoms with Gasteiger partial charge in [-0.3, -0.25) is 4.79 Å². The molecule has 0 aromatic heterocycles. The van der Waals surface area contributed by atoms with Crippen LogP contribution in [-0.4, -0.2) is 52.5 Å². The Labute approximate surface area is 145 Å². The minimum atomic E-state index is -3.61. The van der Waals surface area contributed by atoms with Crippen LogP contribution in [0.15, 0.2) is 27.6 Å². The van der Waals surface area contributed by atoms with E-state index in [1.807, 2.05) is 0 Å². The van der Waals surface area contributed by atoms with Gasteiger partial charge in [-0.25, -0.2) is 12.7 Å². The Kier molecular flexibility index (Phi) is 6.19. The number of hydrogen-bond donors (Lipinski definition) is 1. The van der Waals surface area contributed by atoms with E-state index in [1.54, 1.807) is 12.1 Å². The highest BCUT2D eigenvalue weighted by atomic mass is 79.9. The van der Waals surface area contributed by atoms with E-state index in [1.165, 1.54) is 33.0 Å². The van der Waals surface area contributed by atoms with Gasteiger partial charge in [0.25, 0.3) is 5.91 Å². The molecule has 0 aliphatic heterocycles. The van der Waals surface area contributed by atoms with Crippen molar-refractivity contribution >= 4 is 31.9 Å². The first kappa shape index (κ1) is 18.4. The molecular formula is C15H21BrN2O4S. The fourth-order valence-corrected chi connectivity index (χ4v) is 3.76. The normalized spacial score (nSPS) is 15.0. The van der Waals surface area contributed by atoms with Crippen molar-refractivity contribution in [1.82, 2.24) is 9.62 Å². The number of sulfonamides is 1. The minimum absolute atomic E-state index is 0.0696. The van der Waals surface area contributed by atoms with Crippen molar-refractivity contribution in [3.05, 3.63) is 28.2 Å². The van der Waals surface area contributed by atoms with Gasteiger partial charge in [-0.2, -0.15) is 0 Å². The average Bonchev–Trinajstić information content (AvgIpc) is 3.31. The molecule has 1 aliphatic carbocycles. The first-order chi connectivity index (χ1) is 10.8. The van der Waals surface area contributed by atoms with E-state index in [0.717, 1.165) is 10.9 Å². The van der Waals surface area contributed by atoms with E-state index in [2.05, 4.69) is 21.2 Å². The van der Waals surface area contributed by atoms with Crippen LogP contribution in [0.5, 0.6) is 0 Å². The van der Waals surface area contributed by atoms with Gasteiger partial charge in [0.15, 0.2) is 0 Å². The number of ether oxygens (including phenoxy) is 1. The van der Waals surface area contributed by atoms with Crippen LogP contribution in [0.2, 0.25) is 0 Å². The molecule has 0 spiro atoms. The number of nitrogens with zero attached hydrogens (tertiary/aromatic N) is 1. The summed E-state index contributed by atoms with van der Waals surface area (Å²) in [4.78, 5) is 12.2. The molecule has 0 atom stereocenters. The molecule has 128 valence electrons. The fraction of sp³-hybridized carbons (Fsp3) is 0.533. The van der Waals surface area contributed by atoms with Gasteiger partial charge in [0.2, 0.25) is 10.0 Å². The topological polar surface area (TPSA) is 75.7 Å². The first-order valence-corrected chi connectivity index (χ1v) is 9.63. The molecule has 1 fully saturated rings. The van der Waals surface area contributed by atoms with Crippen molar-refractivity contribution in [2.75, 3.05) is 33.9 Å². The number of amides is 1. The van der Waals surface area contributed by atoms with Gasteiger partial charge in [-0.15, -0.1) is 0 Å². The molecule has 8 heteroatoms. The van der Waals surface area contributed by atoms with Gasteiger partial charge in [-0.1, -0.05) is 0 Å². The number of carbonyl (C=O) groups excluding carboxylic acids is 1. The van der Waals surface area contributed by atoms with Crippen LogP contribution in [0.4, 0.5) is 0 Å². The van der Waals surface area contributed by atoms with E-state index >= 15 is 0 Å². The van der Waals surface area contributed by atoms with E-state index in [4.69, 9.17) is 4.74 Å². The number of hydrogen-bond acceptors (Lipinski definition) is 4. The SMILES string of the molecule is CN(C)S(=O)(=O)c1cc(C(=O)NCCOCC2CC2)ccc1Br. The Hall–Kier alpha value is -0.960. The number of carbonyl (C=O) groups is 1. The van der Waals surface area contributed by atoms with Crippen LogP contribution in [0, 0.1) is 5.92 Å². The zero-order chi connectivity index (χ0) is 17.0. The number of nitrogens with one attached hydrogen (secondary N) is 1. The Morgan fingerprint density at radius 3 is 2.70 bits per heavy atom. The fourth-order valence-electron chi connectivity index (χ4n) is 1.91. The second-order valence-electron chi connectivity index (χ2n) is 5.71. The third-order valence-corrected chi connectivity index (χ3v) is 6.34. The lowest BCUT2D eigenvalue weighted by Gasteiger charge is -2.14. The number of rotatable bonds is 8. The molecule has 0 heterocycles. The molecular weight excluding hydrogens is 384 g/mol. The van der Waals surface area contributed by atoms with Crippen molar-refractivity contribution in [3.8, 4) is 0 Å². The van der Waals surface area contributed by atoms with Crippen molar-refractivity contribution < 1.29 is 17.9 Å². The van der Waals surface area contributed by atoms with Gasteiger partial charge >= 0.3 is 0 Å². The second kappa shape index (κ2) is 7.74. The molecule has 1 aromatic rings. The lowest BCUT2D eigenvalue weighted by Crippen LogP contribution is -2.28. The minimum Gasteiger partial charge on any atom is -0.379 e. The van der Waals surface area contributed by atoms with E-state index in [9.17, 15) is 13.2 Å². The van der Waals surface area contributed by atoms with E-state index in [0.29, 0.717) is 29.1 Å². The van der Waals surface area contributed by atoms with Crippen LogP contribution in [0.3, 0.4) is 0 Å². The quantitative estimate of drug-likeness (QED) is 0.670. The molecule has 1 N–H and O–H groups in total. The molecule has 1 aromatic carbocycles. The summed E-state index contributed by atoms with van der Waals surface area (Å²) in [6.45, 7) is 1.61. The highest BCUT2D eigenvalue weighted by molar-refractivity contribution is 9.10. The molecule has 1 aliphatic rings. The maximum atomic E-state index is 12.2. The Morgan fingerprint density at radius 2 is 2.09 bits per heavy atom. The summed E-state index contributed by atoms with van der Waals surface area (Å²) in [6, 6.07) is 4.52. The maximum absolute atomic E-state index is 12.2. The van der Waals surface area contributed by atoms with Crippen LogP contribution in [-0.2, 0) is 14.8 Å². The summed E-state index contributed by atoms with van der Waals surface area (Å²) in [7, 11) is -0.713. The maximum Gasteiger partial charge on any atom is 0.251 e. The molecule has 0 unspecified atom stereocenters. The number of halogens is 1. The highest BCUT2D eigenvalue weighted by Crippen LogP contribution is 2.28. The van der Waals surface area contributed by atoms with Crippen molar-refractivity contribution in [3.63, 3.8) is 0 Å². The Bertz CT molecular complexity index is 672. The predicted octanol–water partition coefficient (Wildman–Crippen LogP) is 1.86. The summed E-state index contributed by atoms with van der Waals surface area (Å²) < 4.78 is 31.5. The van der Waals surface area contributed by atoms with E-state index in [-0.39, 0.29) is 10.8 Å². The first-order valence-electron chi connectivity index (χ1n) is 7.40. The van der Waals surface area contributed by atoms with Crippen molar-refractivity contribution in [2.45, 2.75) is 17.7 Å². The molecule has 1 amide bonds. The molecule has 2 rings (SSSR count). The summed E-state index contributed by atoms with van der Waals surface area (Å²) in [5.74, 6) is 0.374. The van der Waals surface area contributed by atoms with Crippen LogP contribution >= 0.6 is 15.9 Å². The van der Waals surface area contributed by atoms with E-state index < -0.39 is 10.0 Å². The summed E-state index contributed by atoms with van der Waals surface area (Å²) in [5, 5.41) is 2.73. The van der Waals surface area contributed by atoms with Crippen molar-refractivity contribution in [2.24, 2.45) is 5.92 Å². The second-order valence-corrected chi connectivity index (χ2v) is 8.68. The zero-order valence-electron chi connectivity index (χ0n) is 13.2. The van der Waals surface area contributed by atoms with Gasteiger partial charge in [0.1, 0.15) is 0 Å². The molecule has 1 saturated carbocycles. The van der Waals surface area contributed by atoms with Gasteiger partial charge in [-0.05, 0) is 52.9 Å². The lowest BCUT2D eigenvalue weighted by atomic mass is 10.2. The molecule has 6 nitrogen and oxygen atoms in total. The summed E-state index contributed by atoms with van der Waals surface area (Å²) >= 11 is 3.22. The smallest absolute Gasteiger partial charge is 0.251 e. The average molecular weight is 405 g/mol. The monoisotopic (exact) mass is 404 g/mol. The predicted molar refractivity (Wildman–Crippen MR) is 90.9 cm³/mol. The van der Waals surface area contributed by atoms with Crippen LogP contribution in [0.1, 0.15) is 23.2 Å².